The van der Waals surface area contributed by atoms with Crippen LogP contribution in [0.1, 0.15) is 57.8 Å². The fraction of sp³-hybridized carbons (Fsp3) is 0.929. The van der Waals surface area contributed by atoms with Crippen LogP contribution in [0.2, 0.25) is 0 Å². The molecule has 3 nitrogen and oxygen atoms in total. The van der Waals surface area contributed by atoms with E-state index in [1.54, 1.807) is 0 Å². The van der Waals surface area contributed by atoms with Crippen molar-refractivity contribution in [2.24, 2.45) is 5.92 Å². The van der Waals surface area contributed by atoms with Crippen molar-refractivity contribution >= 4 is 5.91 Å². The molecule has 1 N–H and O–H groups in total. The molecule has 0 bridgehead atoms. The van der Waals surface area contributed by atoms with Crippen LogP contribution in [0.25, 0.3) is 0 Å². The van der Waals surface area contributed by atoms with Gasteiger partial charge >= 0.3 is 0 Å². The van der Waals surface area contributed by atoms with Crippen molar-refractivity contribution in [2.45, 2.75) is 63.8 Å². The Balaban J connectivity index is 1.89. The number of aliphatic hydroxyl groups excluding tert-OH is 1. The lowest BCUT2D eigenvalue weighted by Gasteiger charge is -2.34. The number of nitrogens with zero attached hydrogens (tertiary/aromatic N) is 1. The summed E-state index contributed by atoms with van der Waals surface area (Å²) in [7, 11) is 0. The van der Waals surface area contributed by atoms with Gasteiger partial charge in [-0.05, 0) is 38.0 Å². The Labute approximate surface area is 104 Å². The fourth-order valence-electron chi connectivity index (χ4n) is 3.49. The van der Waals surface area contributed by atoms with Gasteiger partial charge in [0.2, 0.25) is 5.91 Å². The van der Waals surface area contributed by atoms with Gasteiger partial charge in [-0.15, -0.1) is 0 Å². The molecule has 1 heterocycles. The van der Waals surface area contributed by atoms with Crippen molar-refractivity contribution in [3.63, 3.8) is 0 Å². The van der Waals surface area contributed by atoms with Gasteiger partial charge in [0, 0.05) is 25.6 Å². The molecule has 2 aliphatic rings. The predicted molar refractivity (Wildman–Crippen MR) is 67.6 cm³/mol. The van der Waals surface area contributed by atoms with E-state index in [1.807, 2.05) is 0 Å². The maximum Gasteiger partial charge on any atom is 0.222 e. The van der Waals surface area contributed by atoms with Crippen molar-refractivity contribution in [2.75, 3.05) is 13.2 Å². The molecule has 0 spiro atoms. The van der Waals surface area contributed by atoms with Gasteiger partial charge in [0.15, 0.2) is 0 Å². The van der Waals surface area contributed by atoms with Crippen molar-refractivity contribution in [3.8, 4) is 0 Å². The minimum atomic E-state index is 0.133. The maximum absolute atomic E-state index is 12.1. The third kappa shape index (κ3) is 3.21. The first-order valence-electron chi connectivity index (χ1n) is 7.23. The number of aliphatic hydroxyl groups is 1. The van der Waals surface area contributed by atoms with E-state index >= 15 is 0 Å². The molecule has 3 heteroatoms. The van der Waals surface area contributed by atoms with Crippen LogP contribution in [0.5, 0.6) is 0 Å². The van der Waals surface area contributed by atoms with Gasteiger partial charge in [0.1, 0.15) is 0 Å². The summed E-state index contributed by atoms with van der Waals surface area (Å²) in [5, 5.41) is 8.80. The summed E-state index contributed by atoms with van der Waals surface area (Å²) in [4.78, 5) is 14.2. The Morgan fingerprint density at radius 3 is 2.59 bits per heavy atom. The smallest absolute Gasteiger partial charge is 0.222 e. The van der Waals surface area contributed by atoms with Crippen LogP contribution in [0.15, 0.2) is 0 Å². The van der Waals surface area contributed by atoms with Gasteiger partial charge in [0.25, 0.3) is 0 Å². The molecular weight excluding hydrogens is 214 g/mol. The molecule has 0 aromatic rings. The Kier molecular flexibility index (Phi) is 4.84. The third-order valence-electron chi connectivity index (χ3n) is 4.36. The predicted octanol–water partition coefficient (Wildman–Crippen LogP) is 2.33. The molecule has 1 saturated carbocycles. The zero-order valence-corrected chi connectivity index (χ0v) is 10.7. The summed E-state index contributed by atoms with van der Waals surface area (Å²) >= 11 is 0. The molecule has 0 aromatic carbocycles. The zero-order chi connectivity index (χ0) is 12.1. The molecule has 1 aliphatic carbocycles. The van der Waals surface area contributed by atoms with Gasteiger partial charge in [-0.3, -0.25) is 4.79 Å². The average molecular weight is 239 g/mol. The van der Waals surface area contributed by atoms with Crippen molar-refractivity contribution < 1.29 is 9.90 Å². The van der Waals surface area contributed by atoms with E-state index in [1.165, 1.54) is 44.9 Å². The minimum Gasteiger partial charge on any atom is -0.396 e. The topological polar surface area (TPSA) is 40.5 Å². The van der Waals surface area contributed by atoms with Crippen molar-refractivity contribution in [1.29, 1.82) is 0 Å². The van der Waals surface area contributed by atoms with Gasteiger partial charge in [-0.2, -0.15) is 0 Å². The number of amides is 1. The third-order valence-corrected chi connectivity index (χ3v) is 4.36. The number of hydrogen-bond donors (Lipinski definition) is 1. The lowest BCUT2D eigenvalue weighted by Crippen LogP contribution is -2.40. The second-order valence-corrected chi connectivity index (χ2v) is 5.52. The van der Waals surface area contributed by atoms with Crippen LogP contribution in [0.4, 0.5) is 0 Å². The fourth-order valence-corrected chi connectivity index (χ4v) is 3.49. The highest BCUT2D eigenvalue weighted by Crippen LogP contribution is 2.34. The first-order chi connectivity index (χ1) is 8.33. The molecular formula is C14H25NO2. The van der Waals surface area contributed by atoms with Gasteiger partial charge in [-0.25, -0.2) is 0 Å². The largest absolute Gasteiger partial charge is 0.396 e. The number of carbonyl (C=O) groups excluding carboxylic acids is 1. The first kappa shape index (κ1) is 12.9. The number of likely N-dealkylation sites (tertiary alicyclic amines) is 1. The van der Waals surface area contributed by atoms with E-state index in [0.29, 0.717) is 18.9 Å². The van der Waals surface area contributed by atoms with E-state index in [9.17, 15) is 4.79 Å². The van der Waals surface area contributed by atoms with Crippen LogP contribution in [-0.2, 0) is 4.79 Å². The van der Waals surface area contributed by atoms with Crippen LogP contribution in [-0.4, -0.2) is 35.1 Å². The molecule has 1 saturated heterocycles. The standard InChI is InChI=1S/C14H25NO2/c16-11-5-9-14(17)15-10-4-8-13(15)12-6-2-1-3-7-12/h12-13,16H,1-11H2. The summed E-state index contributed by atoms with van der Waals surface area (Å²) in [6.45, 7) is 1.08. The van der Waals surface area contributed by atoms with Crippen LogP contribution < -0.4 is 0 Å². The van der Waals surface area contributed by atoms with Gasteiger partial charge in [-0.1, -0.05) is 19.3 Å². The summed E-state index contributed by atoms with van der Waals surface area (Å²) in [6, 6.07) is 0.515. The molecule has 0 radical (unpaired) electrons. The molecule has 1 aliphatic heterocycles. The monoisotopic (exact) mass is 239 g/mol. The zero-order valence-electron chi connectivity index (χ0n) is 10.7. The highest BCUT2D eigenvalue weighted by Gasteiger charge is 2.34. The minimum absolute atomic E-state index is 0.133. The van der Waals surface area contributed by atoms with E-state index in [-0.39, 0.29) is 12.5 Å². The lowest BCUT2D eigenvalue weighted by molar-refractivity contribution is -0.133. The Morgan fingerprint density at radius 1 is 1.12 bits per heavy atom. The SMILES string of the molecule is O=C(CCCO)N1CCCC1C1CCCCC1. The summed E-state index contributed by atoms with van der Waals surface area (Å²) in [5.41, 5.74) is 0. The molecule has 0 aromatic heterocycles. The van der Waals surface area contributed by atoms with Crippen LogP contribution >= 0.6 is 0 Å². The molecule has 98 valence electrons. The Hall–Kier alpha value is -0.570. The van der Waals surface area contributed by atoms with E-state index in [0.717, 1.165) is 12.5 Å². The second-order valence-electron chi connectivity index (χ2n) is 5.52. The van der Waals surface area contributed by atoms with Crippen molar-refractivity contribution in [1.82, 2.24) is 4.90 Å². The highest BCUT2D eigenvalue weighted by atomic mass is 16.3. The van der Waals surface area contributed by atoms with Crippen molar-refractivity contribution in [3.05, 3.63) is 0 Å². The molecule has 1 amide bonds. The Bertz CT molecular complexity index is 249. The van der Waals surface area contributed by atoms with E-state index < -0.39 is 0 Å². The highest BCUT2D eigenvalue weighted by molar-refractivity contribution is 5.76. The van der Waals surface area contributed by atoms with E-state index in [4.69, 9.17) is 5.11 Å². The molecule has 1 unspecified atom stereocenters. The number of carbonyl (C=O) groups is 1. The lowest BCUT2D eigenvalue weighted by atomic mass is 9.83. The van der Waals surface area contributed by atoms with Crippen LogP contribution in [0, 0.1) is 5.92 Å². The molecule has 17 heavy (non-hydrogen) atoms. The van der Waals surface area contributed by atoms with Crippen LogP contribution in [0.3, 0.4) is 0 Å². The van der Waals surface area contributed by atoms with E-state index in [2.05, 4.69) is 4.90 Å². The van der Waals surface area contributed by atoms with Gasteiger partial charge < -0.3 is 10.0 Å². The first-order valence-corrected chi connectivity index (χ1v) is 7.23. The molecule has 2 fully saturated rings. The normalized spacial score (nSPS) is 26.4. The summed E-state index contributed by atoms with van der Waals surface area (Å²) < 4.78 is 0. The van der Waals surface area contributed by atoms with Gasteiger partial charge in [0.05, 0.1) is 0 Å². The molecule has 2 rings (SSSR count). The average Bonchev–Trinajstić information content (AvgIpc) is 2.86. The molecule has 1 atom stereocenters. The number of rotatable bonds is 4. The second kappa shape index (κ2) is 6.39. The number of hydrogen-bond acceptors (Lipinski definition) is 2. The maximum atomic E-state index is 12.1. The summed E-state index contributed by atoms with van der Waals surface area (Å²) in [6.07, 6.45) is 10.2. The Morgan fingerprint density at radius 2 is 1.88 bits per heavy atom. The summed E-state index contributed by atoms with van der Waals surface area (Å²) in [5.74, 6) is 1.02. The quantitative estimate of drug-likeness (QED) is 0.818.